The zero-order chi connectivity index (χ0) is 15.4. The maximum Gasteiger partial charge on any atom is 0.410 e. The molecule has 1 heterocycles. The van der Waals surface area contributed by atoms with Crippen LogP contribution in [0, 0.1) is 5.41 Å². The van der Waals surface area contributed by atoms with E-state index in [2.05, 4.69) is 0 Å². The summed E-state index contributed by atoms with van der Waals surface area (Å²) in [6.45, 7) is 15.6. The average Bonchev–Trinajstić information content (AvgIpc) is 2.54. The molecule has 1 aliphatic rings. The number of rotatable bonds is 1. The Morgan fingerprint density at radius 3 is 2.05 bits per heavy atom. The maximum absolute atomic E-state index is 12.0. The Labute approximate surface area is 117 Å². The van der Waals surface area contributed by atoms with E-state index in [4.69, 9.17) is 4.74 Å². The molecule has 0 radical (unpaired) electrons. The monoisotopic (exact) mass is 271 g/mol. The molecule has 1 unspecified atom stereocenters. The number of carbonyl (C=O) groups excluding carboxylic acids is 2. The maximum atomic E-state index is 12.0. The standard InChI is InChI=1S/C13H23NO3.C2H6/c1-9(15)10-13(5,6)7-8-14(10)11(16)17-12(2,3)4;1-2/h10H,7-8H2,1-6H3;1-2H3. The normalized spacial score (nSPS) is 21.5. The second-order valence-corrected chi connectivity index (χ2v) is 6.43. The van der Waals surface area contributed by atoms with Gasteiger partial charge in [-0.3, -0.25) is 9.69 Å². The number of likely N-dealkylation sites (tertiary alicyclic amines) is 1. The Bertz CT molecular complexity index is 329. The number of hydrogen-bond donors (Lipinski definition) is 0. The van der Waals surface area contributed by atoms with Crippen molar-refractivity contribution in [3.63, 3.8) is 0 Å². The third kappa shape index (κ3) is 4.84. The molecule has 0 N–H and O–H groups in total. The lowest BCUT2D eigenvalue weighted by Gasteiger charge is -2.32. The molecule has 0 bridgehead atoms. The van der Waals surface area contributed by atoms with E-state index in [1.807, 2.05) is 48.5 Å². The van der Waals surface area contributed by atoms with Gasteiger partial charge >= 0.3 is 6.09 Å². The highest BCUT2D eigenvalue weighted by Gasteiger charge is 2.46. The van der Waals surface area contributed by atoms with E-state index in [1.165, 1.54) is 6.92 Å². The molecule has 0 aromatic heterocycles. The Balaban J connectivity index is 0.00000154. The number of amides is 1. The lowest BCUT2D eigenvalue weighted by atomic mass is 9.83. The van der Waals surface area contributed by atoms with Crippen LogP contribution >= 0.6 is 0 Å². The van der Waals surface area contributed by atoms with Crippen molar-refractivity contribution in [1.82, 2.24) is 4.90 Å². The minimum Gasteiger partial charge on any atom is -0.444 e. The van der Waals surface area contributed by atoms with E-state index in [0.717, 1.165) is 6.42 Å². The number of carbonyl (C=O) groups is 2. The predicted octanol–water partition coefficient (Wildman–Crippen LogP) is 3.64. The molecule has 1 fully saturated rings. The fourth-order valence-electron chi connectivity index (χ4n) is 2.38. The van der Waals surface area contributed by atoms with Crippen molar-refractivity contribution in [3.05, 3.63) is 0 Å². The molecule has 0 aliphatic carbocycles. The summed E-state index contributed by atoms with van der Waals surface area (Å²) in [5.74, 6) is 0.0263. The highest BCUT2D eigenvalue weighted by Crippen LogP contribution is 2.37. The highest BCUT2D eigenvalue weighted by molar-refractivity contribution is 5.87. The SMILES string of the molecule is CC.CC(=O)C1N(C(=O)OC(C)(C)C)CCC1(C)C. The Kier molecular flexibility index (Phi) is 6.04. The smallest absolute Gasteiger partial charge is 0.410 e. The first kappa shape index (κ1) is 17.9. The van der Waals surface area contributed by atoms with Crippen LogP contribution in [0.5, 0.6) is 0 Å². The molecule has 4 heteroatoms. The molecule has 19 heavy (non-hydrogen) atoms. The highest BCUT2D eigenvalue weighted by atomic mass is 16.6. The number of nitrogens with zero attached hydrogens (tertiary/aromatic N) is 1. The van der Waals surface area contributed by atoms with E-state index >= 15 is 0 Å². The van der Waals surface area contributed by atoms with Gasteiger partial charge in [0.15, 0.2) is 5.78 Å². The first-order chi connectivity index (χ1) is 8.54. The van der Waals surface area contributed by atoms with Gasteiger partial charge in [0, 0.05) is 6.54 Å². The summed E-state index contributed by atoms with van der Waals surface area (Å²) in [5, 5.41) is 0. The Morgan fingerprint density at radius 1 is 1.21 bits per heavy atom. The fraction of sp³-hybridized carbons (Fsp3) is 0.867. The van der Waals surface area contributed by atoms with Crippen molar-refractivity contribution in [2.75, 3.05) is 6.54 Å². The summed E-state index contributed by atoms with van der Waals surface area (Å²) >= 11 is 0. The first-order valence-corrected chi connectivity index (χ1v) is 7.05. The minimum absolute atomic E-state index is 0.0263. The zero-order valence-corrected chi connectivity index (χ0v) is 13.7. The van der Waals surface area contributed by atoms with E-state index in [9.17, 15) is 9.59 Å². The second-order valence-electron chi connectivity index (χ2n) is 6.43. The van der Waals surface area contributed by atoms with Gasteiger partial charge in [-0.2, -0.15) is 0 Å². The van der Waals surface area contributed by atoms with Crippen molar-refractivity contribution in [3.8, 4) is 0 Å². The van der Waals surface area contributed by atoms with Crippen LogP contribution in [0.3, 0.4) is 0 Å². The van der Waals surface area contributed by atoms with Crippen molar-refractivity contribution in [1.29, 1.82) is 0 Å². The summed E-state index contributed by atoms with van der Waals surface area (Å²) < 4.78 is 5.33. The molecule has 0 spiro atoms. The van der Waals surface area contributed by atoms with Crippen LogP contribution in [0.1, 0.15) is 61.8 Å². The topological polar surface area (TPSA) is 46.6 Å². The van der Waals surface area contributed by atoms with Crippen LogP contribution in [-0.4, -0.2) is 35.0 Å². The van der Waals surface area contributed by atoms with Gasteiger partial charge in [0.2, 0.25) is 0 Å². The summed E-state index contributed by atoms with van der Waals surface area (Å²) in [5.41, 5.74) is -0.687. The summed E-state index contributed by atoms with van der Waals surface area (Å²) in [7, 11) is 0. The molecule has 0 aromatic carbocycles. The molecule has 1 saturated heterocycles. The van der Waals surface area contributed by atoms with Crippen LogP contribution in [0.2, 0.25) is 0 Å². The largest absolute Gasteiger partial charge is 0.444 e. The lowest BCUT2D eigenvalue weighted by Crippen LogP contribution is -2.47. The van der Waals surface area contributed by atoms with Crippen molar-refractivity contribution in [2.45, 2.75) is 73.5 Å². The van der Waals surface area contributed by atoms with Crippen LogP contribution in [0.4, 0.5) is 4.79 Å². The number of hydrogen-bond acceptors (Lipinski definition) is 3. The molecule has 1 rings (SSSR count). The fourth-order valence-corrected chi connectivity index (χ4v) is 2.38. The lowest BCUT2D eigenvalue weighted by molar-refractivity contribution is -0.123. The molecular formula is C15H29NO3. The first-order valence-electron chi connectivity index (χ1n) is 7.05. The quantitative estimate of drug-likeness (QED) is 0.731. The van der Waals surface area contributed by atoms with Crippen LogP contribution in [0.25, 0.3) is 0 Å². The zero-order valence-electron chi connectivity index (χ0n) is 13.7. The van der Waals surface area contributed by atoms with Gasteiger partial charge in [-0.15, -0.1) is 0 Å². The molecule has 0 saturated carbocycles. The third-order valence-electron chi connectivity index (χ3n) is 3.06. The summed E-state index contributed by atoms with van der Waals surface area (Å²) in [6, 6.07) is -0.364. The number of Topliss-reactive ketones (excluding diaryl/α,β-unsaturated/α-hetero) is 1. The van der Waals surface area contributed by atoms with Crippen molar-refractivity contribution >= 4 is 11.9 Å². The van der Waals surface area contributed by atoms with Gasteiger partial charge in [-0.1, -0.05) is 27.7 Å². The van der Waals surface area contributed by atoms with Gasteiger partial charge in [-0.05, 0) is 39.5 Å². The van der Waals surface area contributed by atoms with Crippen LogP contribution < -0.4 is 0 Å². The summed E-state index contributed by atoms with van der Waals surface area (Å²) in [4.78, 5) is 25.3. The van der Waals surface area contributed by atoms with E-state index in [0.29, 0.717) is 6.54 Å². The molecule has 1 atom stereocenters. The molecule has 4 nitrogen and oxygen atoms in total. The number of ketones is 1. The Morgan fingerprint density at radius 2 is 1.68 bits per heavy atom. The summed E-state index contributed by atoms with van der Waals surface area (Å²) in [6.07, 6.45) is 0.444. The third-order valence-corrected chi connectivity index (χ3v) is 3.06. The van der Waals surface area contributed by atoms with Gasteiger partial charge in [-0.25, -0.2) is 4.79 Å². The molecule has 112 valence electrons. The van der Waals surface area contributed by atoms with E-state index in [1.54, 1.807) is 4.90 Å². The number of ether oxygens (including phenoxy) is 1. The average molecular weight is 271 g/mol. The van der Waals surface area contributed by atoms with E-state index < -0.39 is 5.60 Å². The minimum atomic E-state index is -0.523. The molecule has 1 aliphatic heterocycles. The van der Waals surface area contributed by atoms with Gasteiger partial charge < -0.3 is 4.74 Å². The van der Waals surface area contributed by atoms with Crippen LogP contribution in [-0.2, 0) is 9.53 Å². The van der Waals surface area contributed by atoms with E-state index in [-0.39, 0.29) is 23.3 Å². The van der Waals surface area contributed by atoms with Gasteiger partial charge in [0.05, 0.1) is 6.04 Å². The van der Waals surface area contributed by atoms with Crippen molar-refractivity contribution in [2.24, 2.45) is 5.41 Å². The van der Waals surface area contributed by atoms with Crippen molar-refractivity contribution < 1.29 is 14.3 Å². The second kappa shape index (κ2) is 6.40. The van der Waals surface area contributed by atoms with Crippen LogP contribution in [0.15, 0.2) is 0 Å². The molecule has 1 amide bonds. The van der Waals surface area contributed by atoms with Gasteiger partial charge in [0.25, 0.3) is 0 Å². The van der Waals surface area contributed by atoms with Gasteiger partial charge in [0.1, 0.15) is 5.60 Å². The molecule has 0 aromatic rings. The predicted molar refractivity (Wildman–Crippen MR) is 77.2 cm³/mol. The molecular weight excluding hydrogens is 242 g/mol. The Hall–Kier alpha value is -1.06.